The van der Waals surface area contributed by atoms with E-state index in [4.69, 9.17) is 0 Å². The molecule has 0 bridgehead atoms. The van der Waals surface area contributed by atoms with E-state index in [-0.39, 0.29) is 0 Å². The number of aromatic nitrogens is 4. The monoisotopic (exact) mass is 177 g/mol. The maximum atomic E-state index is 4.30. The molecule has 2 rings (SSSR count). The van der Waals surface area contributed by atoms with Crippen LogP contribution in [0.3, 0.4) is 0 Å². The van der Waals surface area contributed by atoms with E-state index >= 15 is 0 Å². The summed E-state index contributed by atoms with van der Waals surface area (Å²) in [6.07, 6.45) is 0. The molecule has 0 atom stereocenters. The highest BCUT2D eigenvalue weighted by Gasteiger charge is 2.06. The standard InChI is InChI=1S/C8H11N5/c1-5-4-7(9-3)8-11-10-6(2)13(8)12-5/h4,9H,1-3H3. The minimum atomic E-state index is 0.769. The van der Waals surface area contributed by atoms with Gasteiger partial charge in [-0.25, -0.2) is 0 Å². The molecule has 0 radical (unpaired) electrons. The molecule has 2 heterocycles. The Labute approximate surface area is 75.8 Å². The van der Waals surface area contributed by atoms with E-state index in [1.54, 1.807) is 4.52 Å². The third kappa shape index (κ3) is 1.12. The van der Waals surface area contributed by atoms with Gasteiger partial charge in [0.1, 0.15) is 0 Å². The maximum Gasteiger partial charge on any atom is 0.200 e. The minimum Gasteiger partial charge on any atom is -0.385 e. The van der Waals surface area contributed by atoms with Crippen LogP contribution in [0.25, 0.3) is 5.65 Å². The molecule has 0 saturated carbocycles. The zero-order valence-electron chi connectivity index (χ0n) is 7.87. The number of hydrogen-bond donors (Lipinski definition) is 1. The molecule has 1 N–H and O–H groups in total. The second-order valence-corrected chi connectivity index (χ2v) is 2.93. The van der Waals surface area contributed by atoms with Crippen LogP contribution in [0.1, 0.15) is 11.5 Å². The largest absolute Gasteiger partial charge is 0.385 e. The van der Waals surface area contributed by atoms with Gasteiger partial charge in [-0.3, -0.25) is 0 Å². The lowest BCUT2D eigenvalue weighted by molar-refractivity contribution is 0.852. The number of aryl methyl sites for hydroxylation is 2. The Morgan fingerprint density at radius 1 is 1.31 bits per heavy atom. The van der Waals surface area contributed by atoms with E-state index in [9.17, 15) is 0 Å². The average molecular weight is 177 g/mol. The van der Waals surface area contributed by atoms with Crippen LogP contribution in [0.4, 0.5) is 5.69 Å². The Bertz CT molecular complexity index is 445. The van der Waals surface area contributed by atoms with Gasteiger partial charge in [0.2, 0.25) is 5.65 Å². The van der Waals surface area contributed by atoms with Crippen LogP contribution in [-0.2, 0) is 0 Å². The van der Waals surface area contributed by atoms with Gasteiger partial charge in [-0.2, -0.15) is 9.61 Å². The lowest BCUT2D eigenvalue weighted by Gasteiger charge is -2.02. The maximum absolute atomic E-state index is 4.30. The second kappa shape index (κ2) is 2.69. The lowest BCUT2D eigenvalue weighted by atomic mass is 10.3. The molecule has 0 aromatic carbocycles. The summed E-state index contributed by atoms with van der Waals surface area (Å²) in [5, 5.41) is 15.3. The van der Waals surface area contributed by atoms with Gasteiger partial charge in [0.15, 0.2) is 5.82 Å². The van der Waals surface area contributed by atoms with Crippen molar-refractivity contribution < 1.29 is 0 Å². The van der Waals surface area contributed by atoms with Gasteiger partial charge in [-0.05, 0) is 19.9 Å². The summed E-state index contributed by atoms with van der Waals surface area (Å²) in [6.45, 7) is 3.82. The normalized spacial score (nSPS) is 10.7. The van der Waals surface area contributed by atoms with E-state index < -0.39 is 0 Å². The summed E-state index contributed by atoms with van der Waals surface area (Å²) in [4.78, 5) is 0. The van der Waals surface area contributed by atoms with Crippen molar-refractivity contribution in [2.45, 2.75) is 13.8 Å². The Balaban J connectivity index is 2.84. The molecule has 0 aliphatic carbocycles. The highest BCUT2D eigenvalue weighted by molar-refractivity contribution is 5.66. The van der Waals surface area contributed by atoms with E-state index in [2.05, 4.69) is 20.6 Å². The van der Waals surface area contributed by atoms with Crippen LogP contribution < -0.4 is 5.32 Å². The molecule has 5 heteroatoms. The number of rotatable bonds is 1. The fourth-order valence-corrected chi connectivity index (χ4v) is 1.29. The van der Waals surface area contributed by atoms with E-state index in [0.29, 0.717) is 0 Å². The van der Waals surface area contributed by atoms with E-state index in [1.807, 2.05) is 27.0 Å². The van der Waals surface area contributed by atoms with Gasteiger partial charge in [0, 0.05) is 7.05 Å². The zero-order chi connectivity index (χ0) is 9.42. The summed E-state index contributed by atoms with van der Waals surface area (Å²) in [6, 6.07) is 1.95. The molecular formula is C8H11N5. The number of hydrogen-bond acceptors (Lipinski definition) is 4. The summed E-state index contributed by atoms with van der Waals surface area (Å²) in [7, 11) is 1.86. The minimum absolute atomic E-state index is 0.769. The lowest BCUT2D eigenvalue weighted by Crippen LogP contribution is -2.00. The van der Waals surface area contributed by atoms with Crippen molar-refractivity contribution in [3.05, 3.63) is 17.6 Å². The first-order chi connectivity index (χ1) is 6.22. The van der Waals surface area contributed by atoms with Crippen LogP contribution in [0.2, 0.25) is 0 Å². The fraction of sp³-hybridized carbons (Fsp3) is 0.375. The van der Waals surface area contributed by atoms with Gasteiger partial charge < -0.3 is 5.32 Å². The van der Waals surface area contributed by atoms with Crippen LogP contribution in [0.5, 0.6) is 0 Å². The highest BCUT2D eigenvalue weighted by Crippen LogP contribution is 2.14. The first kappa shape index (κ1) is 7.97. The SMILES string of the molecule is CNc1cc(C)nn2c(C)nnc12. The van der Waals surface area contributed by atoms with Gasteiger partial charge >= 0.3 is 0 Å². The van der Waals surface area contributed by atoms with Crippen molar-refractivity contribution >= 4 is 11.3 Å². The predicted octanol–water partition coefficient (Wildman–Crippen LogP) is 0.783. The van der Waals surface area contributed by atoms with Crippen LogP contribution in [-0.4, -0.2) is 26.9 Å². The molecule has 5 nitrogen and oxygen atoms in total. The van der Waals surface area contributed by atoms with Crippen molar-refractivity contribution in [3.8, 4) is 0 Å². The fourth-order valence-electron chi connectivity index (χ4n) is 1.29. The second-order valence-electron chi connectivity index (χ2n) is 2.93. The average Bonchev–Trinajstić information content (AvgIpc) is 2.47. The van der Waals surface area contributed by atoms with Crippen molar-refractivity contribution in [1.29, 1.82) is 0 Å². The van der Waals surface area contributed by atoms with E-state index in [0.717, 1.165) is 22.9 Å². The predicted molar refractivity (Wildman–Crippen MR) is 49.8 cm³/mol. The molecule has 0 aliphatic rings. The molecular weight excluding hydrogens is 166 g/mol. The highest BCUT2D eigenvalue weighted by atomic mass is 15.4. The Hall–Kier alpha value is -1.65. The molecule has 2 aromatic rings. The number of nitrogens with zero attached hydrogens (tertiary/aromatic N) is 4. The quantitative estimate of drug-likeness (QED) is 0.699. The Morgan fingerprint density at radius 2 is 2.08 bits per heavy atom. The molecule has 0 amide bonds. The number of anilines is 1. The smallest absolute Gasteiger partial charge is 0.200 e. The topological polar surface area (TPSA) is 55.1 Å². The van der Waals surface area contributed by atoms with Gasteiger partial charge in [0.25, 0.3) is 0 Å². The molecule has 0 fully saturated rings. The molecule has 0 aliphatic heterocycles. The molecule has 0 spiro atoms. The number of fused-ring (bicyclic) bond motifs is 1. The molecule has 0 saturated heterocycles. The van der Waals surface area contributed by atoms with Gasteiger partial charge in [-0.15, -0.1) is 10.2 Å². The van der Waals surface area contributed by atoms with Crippen molar-refractivity contribution in [2.24, 2.45) is 0 Å². The first-order valence-corrected chi connectivity index (χ1v) is 4.10. The summed E-state index contributed by atoms with van der Waals surface area (Å²) in [5.41, 5.74) is 2.67. The summed E-state index contributed by atoms with van der Waals surface area (Å²) >= 11 is 0. The van der Waals surface area contributed by atoms with Crippen molar-refractivity contribution in [3.63, 3.8) is 0 Å². The van der Waals surface area contributed by atoms with Crippen LogP contribution >= 0.6 is 0 Å². The summed E-state index contributed by atoms with van der Waals surface area (Å²) in [5.74, 6) is 0.801. The van der Waals surface area contributed by atoms with Crippen LogP contribution in [0.15, 0.2) is 6.07 Å². The Kier molecular flexibility index (Phi) is 1.65. The van der Waals surface area contributed by atoms with Crippen molar-refractivity contribution in [2.75, 3.05) is 12.4 Å². The third-order valence-corrected chi connectivity index (χ3v) is 1.92. The van der Waals surface area contributed by atoms with Crippen LogP contribution in [0, 0.1) is 13.8 Å². The molecule has 13 heavy (non-hydrogen) atoms. The van der Waals surface area contributed by atoms with Gasteiger partial charge in [0.05, 0.1) is 11.4 Å². The number of nitrogens with one attached hydrogen (secondary N) is 1. The third-order valence-electron chi connectivity index (χ3n) is 1.92. The van der Waals surface area contributed by atoms with Crippen molar-refractivity contribution in [1.82, 2.24) is 19.8 Å². The summed E-state index contributed by atoms with van der Waals surface area (Å²) < 4.78 is 1.74. The molecule has 0 unspecified atom stereocenters. The van der Waals surface area contributed by atoms with Gasteiger partial charge in [-0.1, -0.05) is 0 Å². The zero-order valence-corrected chi connectivity index (χ0v) is 7.87. The first-order valence-electron chi connectivity index (χ1n) is 4.10. The van der Waals surface area contributed by atoms with E-state index in [1.165, 1.54) is 0 Å². The molecule has 2 aromatic heterocycles. The molecule has 68 valence electrons. The Morgan fingerprint density at radius 3 is 2.77 bits per heavy atom.